The van der Waals surface area contributed by atoms with Crippen LogP contribution in [0.1, 0.15) is 48.3 Å². The fourth-order valence-electron chi connectivity index (χ4n) is 3.16. The summed E-state index contributed by atoms with van der Waals surface area (Å²) in [6, 6.07) is 5.75. The molecule has 2 unspecified atom stereocenters. The molecule has 2 nitrogen and oxygen atoms in total. The zero-order valence-corrected chi connectivity index (χ0v) is 11.6. The van der Waals surface area contributed by atoms with Crippen LogP contribution in [-0.4, -0.2) is 21.3 Å². The van der Waals surface area contributed by atoms with Gasteiger partial charge in [-0.15, -0.1) is 0 Å². The Hall–Kier alpha value is -0.830. The molecule has 2 aliphatic heterocycles. The van der Waals surface area contributed by atoms with Crippen molar-refractivity contribution >= 4 is 17.5 Å². The molecule has 3 heterocycles. The maximum Gasteiger partial charge on any atom is 0.184 e. The van der Waals surface area contributed by atoms with Gasteiger partial charge in [0.25, 0.3) is 0 Å². The number of carbonyl (C=O) groups excluding carboxylic acids is 1. The maximum absolute atomic E-state index is 12.5. The normalized spacial score (nSPS) is 31.1. The molecular weight excluding hydrogens is 242 g/mol. The van der Waals surface area contributed by atoms with Gasteiger partial charge in [-0.25, -0.2) is 0 Å². The molecule has 3 rings (SSSR count). The van der Waals surface area contributed by atoms with E-state index in [1.165, 1.54) is 19.3 Å². The Balaban J connectivity index is 1.76. The highest BCUT2D eigenvalue weighted by Gasteiger charge is 2.36. The lowest BCUT2D eigenvalue weighted by Crippen LogP contribution is -2.33. The van der Waals surface area contributed by atoms with Crippen molar-refractivity contribution in [1.29, 1.82) is 0 Å². The Morgan fingerprint density at radius 3 is 2.67 bits per heavy atom. The molecule has 0 amide bonds. The summed E-state index contributed by atoms with van der Waals surface area (Å²) in [6.45, 7) is 1.95. The van der Waals surface area contributed by atoms with Crippen molar-refractivity contribution < 1.29 is 4.79 Å². The molecule has 0 N–H and O–H groups in total. The molecule has 0 aromatic carbocycles. The molecule has 2 saturated heterocycles. The molecule has 2 fully saturated rings. The maximum atomic E-state index is 12.5. The predicted octanol–water partition coefficient (Wildman–Crippen LogP) is 3.64. The third-order valence-electron chi connectivity index (χ3n) is 4.04. The summed E-state index contributed by atoms with van der Waals surface area (Å²) in [6.07, 6.45) is 6.08. The number of nitrogens with zero attached hydrogens (tertiary/aromatic N) is 1. The molecule has 1 aromatic heterocycles. The number of thioether (sulfide) groups is 1. The Morgan fingerprint density at radius 2 is 2.00 bits per heavy atom. The van der Waals surface area contributed by atoms with Gasteiger partial charge in [0.1, 0.15) is 5.69 Å². The molecule has 0 radical (unpaired) electrons. The largest absolute Gasteiger partial charge is 0.292 e. The minimum Gasteiger partial charge on any atom is -0.292 e. The van der Waals surface area contributed by atoms with Gasteiger partial charge in [-0.3, -0.25) is 9.78 Å². The van der Waals surface area contributed by atoms with Crippen LogP contribution in [0.4, 0.5) is 0 Å². The van der Waals surface area contributed by atoms with E-state index in [4.69, 9.17) is 0 Å². The monoisotopic (exact) mass is 261 g/mol. The van der Waals surface area contributed by atoms with E-state index < -0.39 is 0 Å². The first-order chi connectivity index (χ1) is 8.72. The van der Waals surface area contributed by atoms with Crippen LogP contribution in [0.25, 0.3) is 0 Å². The van der Waals surface area contributed by atoms with Crippen LogP contribution in [0, 0.1) is 12.8 Å². The topological polar surface area (TPSA) is 30.0 Å². The number of fused-ring (bicyclic) bond motifs is 2. The Labute approximate surface area is 113 Å². The average molecular weight is 261 g/mol. The molecule has 0 aliphatic carbocycles. The minimum absolute atomic E-state index is 0.218. The molecule has 0 saturated carbocycles. The Kier molecular flexibility index (Phi) is 3.42. The summed E-state index contributed by atoms with van der Waals surface area (Å²) in [5.74, 6) is 0.492. The first-order valence-corrected chi connectivity index (χ1v) is 7.80. The van der Waals surface area contributed by atoms with Crippen molar-refractivity contribution in [2.24, 2.45) is 5.92 Å². The van der Waals surface area contributed by atoms with Gasteiger partial charge in [-0.1, -0.05) is 12.5 Å². The van der Waals surface area contributed by atoms with E-state index in [-0.39, 0.29) is 11.7 Å². The second-order valence-electron chi connectivity index (χ2n) is 5.51. The van der Waals surface area contributed by atoms with E-state index in [9.17, 15) is 4.79 Å². The lowest BCUT2D eigenvalue weighted by molar-refractivity contribution is 0.0891. The van der Waals surface area contributed by atoms with Gasteiger partial charge < -0.3 is 0 Å². The van der Waals surface area contributed by atoms with Crippen molar-refractivity contribution in [1.82, 2.24) is 4.98 Å². The van der Waals surface area contributed by atoms with E-state index in [1.807, 2.05) is 25.1 Å². The smallest absolute Gasteiger partial charge is 0.184 e. The van der Waals surface area contributed by atoms with Gasteiger partial charge in [0.05, 0.1) is 0 Å². The number of rotatable bonds is 2. The third-order valence-corrected chi connectivity index (χ3v) is 5.67. The second kappa shape index (κ2) is 5.04. The molecule has 18 heavy (non-hydrogen) atoms. The van der Waals surface area contributed by atoms with Crippen molar-refractivity contribution in [2.75, 3.05) is 0 Å². The molecule has 3 heteroatoms. The summed E-state index contributed by atoms with van der Waals surface area (Å²) in [7, 11) is 0. The van der Waals surface area contributed by atoms with Crippen LogP contribution >= 0.6 is 11.8 Å². The van der Waals surface area contributed by atoms with Crippen LogP contribution in [0.3, 0.4) is 0 Å². The summed E-state index contributed by atoms with van der Waals surface area (Å²) < 4.78 is 0. The average Bonchev–Trinajstić information content (AvgIpc) is 2.37. The Morgan fingerprint density at radius 1 is 1.28 bits per heavy atom. The zero-order valence-electron chi connectivity index (χ0n) is 10.8. The van der Waals surface area contributed by atoms with Crippen LogP contribution in [0.2, 0.25) is 0 Å². The number of pyridine rings is 1. The van der Waals surface area contributed by atoms with Gasteiger partial charge >= 0.3 is 0 Å². The number of Topliss-reactive ketones (excluding diaryl/α,β-unsaturated/α-hetero) is 1. The van der Waals surface area contributed by atoms with Crippen molar-refractivity contribution in [3.05, 3.63) is 29.6 Å². The molecule has 2 bridgehead atoms. The van der Waals surface area contributed by atoms with Crippen molar-refractivity contribution in [3.8, 4) is 0 Å². The zero-order chi connectivity index (χ0) is 12.5. The van der Waals surface area contributed by atoms with Gasteiger partial charge in [0.15, 0.2) is 5.78 Å². The van der Waals surface area contributed by atoms with Gasteiger partial charge in [0.2, 0.25) is 0 Å². The van der Waals surface area contributed by atoms with E-state index in [0.717, 1.165) is 29.0 Å². The minimum atomic E-state index is 0.218. The molecular formula is C15H19NOS. The standard InChI is InChI=1S/C15H19NOS/c1-10-4-2-7-14(16-10)15(17)11-8-12-5-3-6-13(9-11)18-12/h2,4,7,11-13H,3,5-6,8-9H2,1H3. The third kappa shape index (κ3) is 2.46. The molecule has 2 atom stereocenters. The second-order valence-corrected chi connectivity index (χ2v) is 7.11. The lowest BCUT2D eigenvalue weighted by Gasteiger charge is -2.37. The van der Waals surface area contributed by atoms with Crippen LogP contribution in [-0.2, 0) is 0 Å². The fourth-order valence-corrected chi connectivity index (χ4v) is 5.00. The van der Waals surface area contributed by atoms with Crippen LogP contribution < -0.4 is 0 Å². The Bertz CT molecular complexity index is 448. The van der Waals surface area contributed by atoms with Gasteiger partial charge in [-0.05, 0) is 44.7 Å². The molecule has 96 valence electrons. The summed E-state index contributed by atoms with van der Waals surface area (Å²) in [5, 5.41) is 1.44. The first-order valence-electron chi connectivity index (χ1n) is 6.85. The number of aromatic nitrogens is 1. The van der Waals surface area contributed by atoms with Crippen LogP contribution in [0.15, 0.2) is 18.2 Å². The summed E-state index contributed by atoms with van der Waals surface area (Å²) in [5.41, 5.74) is 1.61. The van der Waals surface area contributed by atoms with E-state index >= 15 is 0 Å². The number of carbonyl (C=O) groups is 1. The summed E-state index contributed by atoms with van der Waals surface area (Å²) >= 11 is 2.12. The lowest BCUT2D eigenvalue weighted by atomic mass is 9.85. The highest BCUT2D eigenvalue weighted by molar-refractivity contribution is 8.00. The van der Waals surface area contributed by atoms with E-state index in [0.29, 0.717) is 5.69 Å². The molecule has 2 aliphatic rings. The highest BCUT2D eigenvalue weighted by atomic mass is 32.2. The summed E-state index contributed by atoms with van der Waals surface area (Å²) in [4.78, 5) is 16.9. The molecule has 0 spiro atoms. The molecule has 1 aromatic rings. The highest BCUT2D eigenvalue weighted by Crippen LogP contribution is 2.44. The predicted molar refractivity (Wildman–Crippen MR) is 75.0 cm³/mol. The van der Waals surface area contributed by atoms with Crippen molar-refractivity contribution in [2.45, 2.75) is 49.5 Å². The van der Waals surface area contributed by atoms with Gasteiger partial charge in [0, 0.05) is 22.1 Å². The number of ketones is 1. The fraction of sp³-hybridized carbons (Fsp3) is 0.600. The number of aryl methyl sites for hydroxylation is 1. The number of hydrogen-bond acceptors (Lipinski definition) is 3. The van der Waals surface area contributed by atoms with Crippen molar-refractivity contribution in [3.63, 3.8) is 0 Å². The van der Waals surface area contributed by atoms with Gasteiger partial charge in [-0.2, -0.15) is 11.8 Å². The SMILES string of the molecule is Cc1cccc(C(=O)C2CC3CCCC(C2)S3)n1. The van der Waals surface area contributed by atoms with E-state index in [1.54, 1.807) is 0 Å². The quantitative estimate of drug-likeness (QED) is 0.761. The first kappa shape index (κ1) is 12.2. The van der Waals surface area contributed by atoms with Crippen LogP contribution in [0.5, 0.6) is 0 Å². The number of hydrogen-bond donors (Lipinski definition) is 0. The van der Waals surface area contributed by atoms with E-state index in [2.05, 4.69) is 16.7 Å².